The van der Waals surface area contributed by atoms with Gasteiger partial charge in [0.2, 0.25) is 5.95 Å². The number of rotatable bonds is 4. The third-order valence-electron chi connectivity index (χ3n) is 3.24. The number of anilines is 1. The van der Waals surface area contributed by atoms with Crippen molar-refractivity contribution in [3.8, 4) is 6.07 Å². The van der Waals surface area contributed by atoms with E-state index in [2.05, 4.69) is 26.3 Å². The van der Waals surface area contributed by atoms with E-state index in [4.69, 9.17) is 5.26 Å². The number of halogens is 2. The van der Waals surface area contributed by atoms with Crippen molar-refractivity contribution in [3.63, 3.8) is 0 Å². The van der Waals surface area contributed by atoms with Crippen molar-refractivity contribution >= 4 is 27.5 Å². The van der Waals surface area contributed by atoms with E-state index in [-0.39, 0.29) is 11.0 Å². The van der Waals surface area contributed by atoms with Gasteiger partial charge in [0.25, 0.3) is 5.91 Å². The molecule has 2 N–H and O–H groups in total. The monoisotopic (exact) mass is 380 g/mol. The van der Waals surface area contributed by atoms with Crippen LogP contribution < -0.4 is 5.32 Å². The van der Waals surface area contributed by atoms with Crippen molar-refractivity contribution in [1.82, 2.24) is 9.78 Å². The second-order valence-electron chi connectivity index (χ2n) is 5.33. The summed E-state index contributed by atoms with van der Waals surface area (Å²) in [7, 11) is 0. The molecule has 1 aromatic heterocycles. The lowest BCUT2D eigenvalue weighted by atomic mass is 10.1. The first kappa shape index (κ1) is 17.1. The van der Waals surface area contributed by atoms with Crippen LogP contribution in [0.4, 0.5) is 10.1 Å². The maximum atomic E-state index is 13.2. The van der Waals surface area contributed by atoms with Gasteiger partial charge in [-0.2, -0.15) is 9.65 Å². The summed E-state index contributed by atoms with van der Waals surface area (Å²) in [6.07, 6.45) is 1.34. The van der Waals surface area contributed by atoms with Gasteiger partial charge in [-0.15, -0.1) is 5.10 Å². The quantitative estimate of drug-likeness (QED) is 0.851. The molecule has 1 atom stereocenters. The summed E-state index contributed by atoms with van der Waals surface area (Å²) in [5.74, 6) is -1.38. The molecular weight excluding hydrogens is 367 g/mol. The summed E-state index contributed by atoms with van der Waals surface area (Å²) in [6.45, 7) is 2.85. The fourth-order valence-electron chi connectivity index (χ4n) is 1.97. The van der Waals surface area contributed by atoms with E-state index in [0.29, 0.717) is 16.8 Å². The molecule has 0 saturated heterocycles. The third kappa shape index (κ3) is 3.94. The lowest BCUT2D eigenvalue weighted by molar-refractivity contribution is -0.133. The first-order valence-corrected chi connectivity index (χ1v) is 7.45. The van der Waals surface area contributed by atoms with Gasteiger partial charge in [-0.3, -0.25) is 9.48 Å². The zero-order valence-electron chi connectivity index (χ0n) is 12.5. The van der Waals surface area contributed by atoms with Crippen LogP contribution in [0.3, 0.4) is 0 Å². The summed E-state index contributed by atoms with van der Waals surface area (Å²) >= 11 is 2.97. The number of carbonyl (C=O) groups excluding carboxylic acids is 1. The predicted molar refractivity (Wildman–Crippen MR) is 85.0 cm³/mol. The minimum absolute atomic E-state index is 0.149. The number of nitrogens with zero attached hydrogens (tertiary/aromatic N) is 3. The van der Waals surface area contributed by atoms with Gasteiger partial charge in [0.15, 0.2) is 5.60 Å². The number of nitriles is 1. The molecule has 23 heavy (non-hydrogen) atoms. The molecule has 2 aromatic rings. The zero-order valence-corrected chi connectivity index (χ0v) is 14.1. The van der Waals surface area contributed by atoms with E-state index in [9.17, 15) is 14.3 Å². The van der Waals surface area contributed by atoms with E-state index in [0.717, 1.165) is 4.68 Å². The van der Waals surface area contributed by atoms with Crippen molar-refractivity contribution in [2.24, 2.45) is 0 Å². The average molecular weight is 381 g/mol. The van der Waals surface area contributed by atoms with Crippen LogP contribution in [0.5, 0.6) is 0 Å². The number of nitrogens with one attached hydrogen (secondary N) is 1. The topological polar surface area (TPSA) is 90.9 Å². The normalized spacial score (nSPS) is 13.2. The number of aryl methyl sites for hydroxylation is 1. The number of aliphatic hydroxyl groups is 1. The molecule has 1 heterocycles. The molecule has 0 aliphatic rings. The van der Waals surface area contributed by atoms with Gasteiger partial charge in [0, 0.05) is 11.9 Å². The zero-order chi connectivity index (χ0) is 17.2. The largest absolute Gasteiger partial charge is 0.378 e. The number of benzene rings is 1. The molecule has 0 bridgehead atoms. The molecule has 6 nitrogen and oxygen atoms in total. The average Bonchev–Trinajstić information content (AvgIpc) is 2.76. The Balaban J connectivity index is 2.12. The summed E-state index contributed by atoms with van der Waals surface area (Å²) in [4.78, 5) is 12.2. The van der Waals surface area contributed by atoms with E-state index in [1.165, 1.54) is 13.1 Å². The summed E-state index contributed by atoms with van der Waals surface area (Å²) in [5.41, 5.74) is -0.117. The highest BCUT2D eigenvalue weighted by atomic mass is 79.9. The lowest BCUT2D eigenvalue weighted by Gasteiger charge is -2.22. The fraction of sp³-hybridized carbons (Fsp3) is 0.267. The van der Waals surface area contributed by atoms with Crippen LogP contribution in [-0.4, -0.2) is 26.4 Å². The Morgan fingerprint density at radius 2 is 2.30 bits per heavy atom. The van der Waals surface area contributed by atoms with Crippen LogP contribution in [0.2, 0.25) is 0 Å². The SMILES string of the molecule is Cc1cc(NC(=O)[C@@](C)(O)Cn2cc(Br)c(F)n2)ccc1C#N. The van der Waals surface area contributed by atoms with E-state index in [1.807, 2.05) is 6.07 Å². The summed E-state index contributed by atoms with van der Waals surface area (Å²) < 4.78 is 14.5. The molecule has 2 rings (SSSR count). The van der Waals surface area contributed by atoms with Gasteiger partial charge in [0.05, 0.1) is 22.7 Å². The number of hydrogen-bond acceptors (Lipinski definition) is 4. The van der Waals surface area contributed by atoms with Crippen molar-refractivity contribution in [1.29, 1.82) is 5.26 Å². The van der Waals surface area contributed by atoms with Crippen molar-refractivity contribution in [2.45, 2.75) is 26.0 Å². The van der Waals surface area contributed by atoms with Crippen molar-refractivity contribution in [3.05, 3.63) is 45.9 Å². The third-order valence-corrected chi connectivity index (χ3v) is 3.77. The summed E-state index contributed by atoms with van der Waals surface area (Å²) in [5, 5.41) is 25.3. The molecule has 0 unspecified atom stereocenters. The standard InChI is InChI=1S/C15H14BrFN4O2/c1-9-5-11(4-3-10(9)6-18)19-14(22)15(2,23)8-21-7-12(16)13(17)20-21/h3-5,7,23H,8H2,1-2H3,(H,19,22)/t15-/m0/s1. The second-order valence-corrected chi connectivity index (χ2v) is 6.19. The van der Waals surface area contributed by atoms with E-state index >= 15 is 0 Å². The Morgan fingerprint density at radius 3 is 2.83 bits per heavy atom. The highest BCUT2D eigenvalue weighted by Crippen LogP contribution is 2.18. The molecule has 0 aliphatic carbocycles. The Labute approximate surface area is 140 Å². The molecule has 120 valence electrons. The van der Waals surface area contributed by atoms with Gasteiger partial charge < -0.3 is 10.4 Å². The van der Waals surface area contributed by atoms with Crippen LogP contribution in [0.1, 0.15) is 18.1 Å². The number of amides is 1. The Bertz CT molecular complexity index is 776. The van der Waals surface area contributed by atoms with Gasteiger partial charge >= 0.3 is 0 Å². The van der Waals surface area contributed by atoms with Crippen LogP contribution in [0.15, 0.2) is 28.9 Å². The Kier molecular flexibility index (Phi) is 4.82. The fourth-order valence-corrected chi connectivity index (χ4v) is 2.29. The number of hydrogen-bond donors (Lipinski definition) is 2. The highest BCUT2D eigenvalue weighted by molar-refractivity contribution is 9.10. The van der Waals surface area contributed by atoms with Gasteiger partial charge in [-0.05, 0) is 53.5 Å². The minimum Gasteiger partial charge on any atom is -0.378 e. The maximum absolute atomic E-state index is 13.2. The Hall–Kier alpha value is -2.24. The smallest absolute Gasteiger partial charge is 0.257 e. The molecule has 0 saturated carbocycles. The second kappa shape index (κ2) is 6.48. The van der Waals surface area contributed by atoms with Crippen LogP contribution >= 0.6 is 15.9 Å². The highest BCUT2D eigenvalue weighted by Gasteiger charge is 2.31. The van der Waals surface area contributed by atoms with E-state index < -0.39 is 17.5 Å². The van der Waals surface area contributed by atoms with Crippen molar-refractivity contribution < 1.29 is 14.3 Å². The van der Waals surface area contributed by atoms with Crippen LogP contribution in [-0.2, 0) is 11.3 Å². The molecule has 0 radical (unpaired) electrons. The Morgan fingerprint density at radius 1 is 1.61 bits per heavy atom. The molecule has 8 heteroatoms. The predicted octanol–water partition coefficient (Wildman–Crippen LogP) is 2.35. The molecule has 0 fully saturated rings. The lowest BCUT2D eigenvalue weighted by Crippen LogP contribution is -2.43. The van der Waals surface area contributed by atoms with Crippen LogP contribution in [0, 0.1) is 24.2 Å². The van der Waals surface area contributed by atoms with Gasteiger partial charge in [-0.1, -0.05) is 0 Å². The number of aromatic nitrogens is 2. The molecule has 0 spiro atoms. The van der Waals surface area contributed by atoms with E-state index in [1.54, 1.807) is 25.1 Å². The summed E-state index contributed by atoms with van der Waals surface area (Å²) in [6, 6.07) is 6.82. The molecule has 1 amide bonds. The first-order valence-electron chi connectivity index (χ1n) is 6.66. The molecule has 0 aliphatic heterocycles. The maximum Gasteiger partial charge on any atom is 0.257 e. The molecular formula is C15H14BrFN4O2. The first-order chi connectivity index (χ1) is 10.7. The van der Waals surface area contributed by atoms with Crippen molar-refractivity contribution in [2.75, 3.05) is 5.32 Å². The van der Waals surface area contributed by atoms with Gasteiger partial charge in [0.1, 0.15) is 0 Å². The molecule has 1 aromatic carbocycles. The van der Waals surface area contributed by atoms with Crippen LogP contribution in [0.25, 0.3) is 0 Å². The van der Waals surface area contributed by atoms with Gasteiger partial charge in [-0.25, -0.2) is 0 Å². The minimum atomic E-state index is -1.79. The number of carbonyl (C=O) groups is 1.